The lowest BCUT2D eigenvalue weighted by Gasteiger charge is -2.31. The summed E-state index contributed by atoms with van der Waals surface area (Å²) in [6.07, 6.45) is 2.79. The molecule has 1 aromatic carbocycles. The summed E-state index contributed by atoms with van der Waals surface area (Å²) in [6.45, 7) is 3.01. The molecular formula is C18H26N2O4. The fourth-order valence-electron chi connectivity index (χ4n) is 2.88. The second-order valence-electron chi connectivity index (χ2n) is 6.34. The smallest absolute Gasteiger partial charge is 0.317 e. The quantitative estimate of drug-likeness (QED) is 0.838. The van der Waals surface area contributed by atoms with Crippen molar-refractivity contribution in [2.75, 3.05) is 20.2 Å². The third kappa shape index (κ3) is 5.15. The molecule has 6 heteroatoms. The number of hydrogen-bond acceptors (Lipinski definition) is 3. The number of hydrogen-bond donors (Lipinski definition) is 2. The van der Waals surface area contributed by atoms with Crippen molar-refractivity contribution < 1.29 is 19.4 Å². The van der Waals surface area contributed by atoms with Crippen molar-refractivity contribution in [1.29, 1.82) is 0 Å². The minimum Gasteiger partial charge on any atom is -0.497 e. The van der Waals surface area contributed by atoms with Gasteiger partial charge in [-0.1, -0.05) is 12.1 Å². The zero-order valence-electron chi connectivity index (χ0n) is 14.3. The van der Waals surface area contributed by atoms with Gasteiger partial charge in [-0.15, -0.1) is 0 Å². The molecule has 2 N–H and O–H groups in total. The monoisotopic (exact) mass is 334 g/mol. The average Bonchev–Trinajstić information content (AvgIpc) is 2.60. The van der Waals surface area contributed by atoms with E-state index in [1.807, 2.05) is 31.2 Å². The summed E-state index contributed by atoms with van der Waals surface area (Å²) >= 11 is 0. The molecule has 0 bridgehead atoms. The van der Waals surface area contributed by atoms with Crippen LogP contribution in [0.15, 0.2) is 24.3 Å². The summed E-state index contributed by atoms with van der Waals surface area (Å²) in [5, 5.41) is 12.0. The number of rotatable bonds is 6. The Labute approximate surface area is 142 Å². The number of carbonyl (C=O) groups is 2. The highest BCUT2D eigenvalue weighted by Gasteiger charge is 2.27. The Kier molecular flexibility index (Phi) is 6.46. The molecule has 6 nitrogen and oxygen atoms in total. The lowest BCUT2D eigenvalue weighted by atomic mass is 9.97. The molecule has 1 atom stereocenters. The van der Waals surface area contributed by atoms with E-state index in [1.54, 1.807) is 12.0 Å². The molecule has 1 heterocycles. The van der Waals surface area contributed by atoms with Crippen LogP contribution in [0.5, 0.6) is 5.75 Å². The van der Waals surface area contributed by atoms with Gasteiger partial charge in [0.1, 0.15) is 5.75 Å². The van der Waals surface area contributed by atoms with Gasteiger partial charge in [0.05, 0.1) is 13.0 Å². The molecule has 1 aromatic rings. The van der Waals surface area contributed by atoms with Gasteiger partial charge in [-0.05, 0) is 50.3 Å². The van der Waals surface area contributed by atoms with Gasteiger partial charge in [0.2, 0.25) is 0 Å². The van der Waals surface area contributed by atoms with E-state index in [9.17, 15) is 9.59 Å². The molecule has 24 heavy (non-hydrogen) atoms. The van der Waals surface area contributed by atoms with Gasteiger partial charge in [-0.25, -0.2) is 4.79 Å². The number of amides is 2. The standard InChI is InChI=1S/C18H26N2O4/c1-13(3-4-14-5-7-16(24-2)8-6-14)19-18(23)20-11-9-15(10-12-20)17(21)22/h5-8,13,15H,3-4,9-12H2,1-2H3,(H,19,23)(H,21,22). The number of benzene rings is 1. The number of nitrogens with zero attached hydrogens (tertiary/aromatic N) is 1. The maximum atomic E-state index is 12.2. The molecule has 0 saturated carbocycles. The first-order valence-electron chi connectivity index (χ1n) is 8.40. The van der Waals surface area contributed by atoms with E-state index in [0.717, 1.165) is 18.6 Å². The number of methoxy groups -OCH3 is 1. The van der Waals surface area contributed by atoms with Crippen molar-refractivity contribution >= 4 is 12.0 Å². The molecule has 1 saturated heterocycles. The van der Waals surface area contributed by atoms with Crippen molar-refractivity contribution in [3.8, 4) is 5.75 Å². The van der Waals surface area contributed by atoms with Crippen LogP contribution in [0.2, 0.25) is 0 Å². The number of carboxylic acids is 1. The SMILES string of the molecule is COc1ccc(CCC(C)NC(=O)N2CCC(C(=O)O)CC2)cc1. The van der Waals surface area contributed by atoms with Crippen molar-refractivity contribution in [1.82, 2.24) is 10.2 Å². The van der Waals surface area contributed by atoms with Crippen molar-refractivity contribution in [3.63, 3.8) is 0 Å². The van der Waals surface area contributed by atoms with E-state index in [1.165, 1.54) is 5.56 Å². The van der Waals surface area contributed by atoms with Crippen LogP contribution in [0.4, 0.5) is 4.79 Å². The molecule has 0 radical (unpaired) electrons. The number of urea groups is 1. The predicted molar refractivity (Wildman–Crippen MR) is 91.2 cm³/mol. The van der Waals surface area contributed by atoms with Gasteiger partial charge in [-0.2, -0.15) is 0 Å². The summed E-state index contributed by atoms with van der Waals surface area (Å²) in [6, 6.07) is 7.91. The molecule has 2 rings (SSSR count). The molecule has 1 aliphatic heterocycles. The second kappa shape index (κ2) is 8.57. The number of aliphatic carboxylic acids is 1. The largest absolute Gasteiger partial charge is 0.497 e. The van der Waals surface area contributed by atoms with Gasteiger partial charge >= 0.3 is 12.0 Å². The Morgan fingerprint density at radius 1 is 1.29 bits per heavy atom. The Hall–Kier alpha value is -2.24. The molecule has 1 aliphatic rings. The predicted octanol–water partition coefficient (Wildman–Crippen LogP) is 2.52. The summed E-state index contributed by atoms with van der Waals surface area (Å²) in [7, 11) is 1.64. The fourth-order valence-corrected chi connectivity index (χ4v) is 2.88. The highest BCUT2D eigenvalue weighted by molar-refractivity contribution is 5.75. The van der Waals surface area contributed by atoms with Crippen molar-refractivity contribution in [2.45, 2.75) is 38.6 Å². The van der Waals surface area contributed by atoms with Gasteiger partial charge in [0, 0.05) is 19.1 Å². The first-order valence-corrected chi connectivity index (χ1v) is 8.40. The third-order valence-electron chi connectivity index (χ3n) is 4.53. The lowest BCUT2D eigenvalue weighted by molar-refractivity contribution is -0.143. The molecule has 2 amide bonds. The van der Waals surface area contributed by atoms with Crippen LogP contribution in [0.25, 0.3) is 0 Å². The Balaban J connectivity index is 1.72. The summed E-state index contributed by atoms with van der Waals surface area (Å²) in [5.41, 5.74) is 1.21. The van der Waals surface area contributed by atoms with Crippen LogP contribution in [0.1, 0.15) is 31.7 Å². The van der Waals surface area contributed by atoms with Crippen LogP contribution in [0, 0.1) is 5.92 Å². The Morgan fingerprint density at radius 3 is 2.46 bits per heavy atom. The van der Waals surface area contributed by atoms with Crippen LogP contribution in [0.3, 0.4) is 0 Å². The number of carbonyl (C=O) groups excluding carboxylic acids is 1. The van der Waals surface area contributed by atoms with Gasteiger partial charge in [0.15, 0.2) is 0 Å². The highest BCUT2D eigenvalue weighted by atomic mass is 16.5. The third-order valence-corrected chi connectivity index (χ3v) is 4.53. The van der Waals surface area contributed by atoms with Crippen LogP contribution < -0.4 is 10.1 Å². The number of piperidine rings is 1. The fraction of sp³-hybridized carbons (Fsp3) is 0.556. The molecule has 0 aromatic heterocycles. The zero-order chi connectivity index (χ0) is 17.5. The van der Waals surface area contributed by atoms with Crippen molar-refractivity contribution in [2.24, 2.45) is 5.92 Å². The minimum absolute atomic E-state index is 0.0665. The maximum Gasteiger partial charge on any atom is 0.317 e. The summed E-state index contributed by atoms with van der Waals surface area (Å²) < 4.78 is 5.14. The molecule has 1 unspecified atom stereocenters. The highest BCUT2D eigenvalue weighted by Crippen LogP contribution is 2.17. The number of nitrogens with one attached hydrogen (secondary N) is 1. The van der Waals surface area contributed by atoms with Crippen molar-refractivity contribution in [3.05, 3.63) is 29.8 Å². The molecule has 132 valence electrons. The normalized spacial score (nSPS) is 16.5. The first kappa shape index (κ1) is 18.1. The molecular weight excluding hydrogens is 308 g/mol. The average molecular weight is 334 g/mol. The van der Waals surface area contributed by atoms with Gasteiger partial charge < -0.3 is 20.1 Å². The van der Waals surface area contributed by atoms with Gasteiger partial charge in [0.25, 0.3) is 0 Å². The lowest BCUT2D eigenvalue weighted by Crippen LogP contribution is -2.48. The van der Waals surface area contributed by atoms with E-state index in [4.69, 9.17) is 9.84 Å². The van der Waals surface area contributed by atoms with E-state index in [-0.39, 0.29) is 18.0 Å². The van der Waals surface area contributed by atoms with E-state index < -0.39 is 5.97 Å². The Morgan fingerprint density at radius 2 is 1.92 bits per heavy atom. The number of aryl methyl sites for hydroxylation is 1. The molecule has 0 aliphatic carbocycles. The van der Waals surface area contributed by atoms with E-state index in [2.05, 4.69) is 5.32 Å². The van der Waals surface area contributed by atoms with Crippen LogP contribution in [-0.4, -0.2) is 48.2 Å². The number of ether oxygens (including phenoxy) is 1. The summed E-state index contributed by atoms with van der Waals surface area (Å²) in [4.78, 5) is 24.9. The number of carboxylic acid groups (broad SMARTS) is 1. The molecule has 1 fully saturated rings. The zero-order valence-corrected chi connectivity index (χ0v) is 14.3. The Bertz CT molecular complexity index is 551. The maximum absolute atomic E-state index is 12.2. The first-order chi connectivity index (χ1) is 11.5. The molecule has 0 spiro atoms. The van der Waals surface area contributed by atoms with Gasteiger partial charge in [-0.3, -0.25) is 4.79 Å². The van der Waals surface area contributed by atoms with Crippen LogP contribution in [-0.2, 0) is 11.2 Å². The minimum atomic E-state index is -0.761. The topological polar surface area (TPSA) is 78.9 Å². The summed E-state index contributed by atoms with van der Waals surface area (Å²) in [5.74, 6) is -0.241. The van der Waals surface area contributed by atoms with Crippen LogP contribution >= 0.6 is 0 Å². The van der Waals surface area contributed by atoms with E-state index in [0.29, 0.717) is 25.9 Å². The van der Waals surface area contributed by atoms with E-state index >= 15 is 0 Å². The number of likely N-dealkylation sites (tertiary alicyclic amines) is 1. The second-order valence-corrected chi connectivity index (χ2v) is 6.34.